The molecule has 0 unspecified atom stereocenters. The first kappa shape index (κ1) is 28.8. The van der Waals surface area contributed by atoms with E-state index >= 15 is 0 Å². The van der Waals surface area contributed by atoms with Crippen molar-refractivity contribution in [2.45, 2.75) is 53.0 Å². The first-order chi connectivity index (χ1) is 19.5. The van der Waals surface area contributed by atoms with E-state index in [9.17, 15) is 9.59 Å². The van der Waals surface area contributed by atoms with Crippen LogP contribution in [0.25, 0.3) is 21.9 Å². The van der Waals surface area contributed by atoms with Crippen LogP contribution in [0.3, 0.4) is 0 Å². The summed E-state index contributed by atoms with van der Waals surface area (Å²) >= 11 is 0. The second-order valence-corrected chi connectivity index (χ2v) is 9.92. The lowest BCUT2D eigenvalue weighted by atomic mass is 9.82. The van der Waals surface area contributed by atoms with Crippen LogP contribution >= 0.6 is 0 Å². The number of esters is 1. The first-order valence-corrected chi connectivity index (χ1v) is 14.0. The summed E-state index contributed by atoms with van der Waals surface area (Å²) in [5, 5.41) is 1.66. The number of amides is 1. The zero-order chi connectivity index (χ0) is 28.6. The van der Waals surface area contributed by atoms with Crippen molar-refractivity contribution >= 4 is 28.5 Å². The Bertz CT molecular complexity index is 1480. The van der Waals surface area contributed by atoms with E-state index in [0.29, 0.717) is 30.3 Å². The number of fused-ring (bicyclic) bond motifs is 1. The third-order valence-corrected chi connectivity index (χ3v) is 7.43. The van der Waals surface area contributed by atoms with Gasteiger partial charge in [-0.1, -0.05) is 50.6 Å². The summed E-state index contributed by atoms with van der Waals surface area (Å²) in [6.07, 6.45) is 5.59. The SMILES string of the molecule is CC.COC(=O)c1ccc2c(N(Cc3ccc(-c4ccc(OC)c(C)c4)cc3)C(=O)CC3CCC3)nccc2c1. The zero-order valence-corrected chi connectivity index (χ0v) is 24.1. The highest BCUT2D eigenvalue weighted by Gasteiger charge is 2.26. The number of methoxy groups -OCH3 is 2. The van der Waals surface area contributed by atoms with Crippen molar-refractivity contribution in [1.29, 1.82) is 0 Å². The number of pyridine rings is 1. The molecule has 0 atom stereocenters. The lowest BCUT2D eigenvalue weighted by molar-refractivity contribution is -0.120. The maximum absolute atomic E-state index is 13.6. The second-order valence-electron chi connectivity index (χ2n) is 9.92. The quantitative estimate of drug-likeness (QED) is 0.215. The number of carbonyl (C=O) groups excluding carboxylic acids is 2. The maximum Gasteiger partial charge on any atom is 0.337 e. The third kappa shape index (κ3) is 6.33. The van der Waals surface area contributed by atoms with Crippen LogP contribution in [0.5, 0.6) is 5.75 Å². The van der Waals surface area contributed by atoms with E-state index in [1.807, 2.05) is 39.0 Å². The lowest BCUT2D eigenvalue weighted by Gasteiger charge is -2.29. The van der Waals surface area contributed by atoms with E-state index in [4.69, 9.17) is 9.47 Å². The minimum atomic E-state index is -0.393. The van der Waals surface area contributed by atoms with Crippen LogP contribution in [0.4, 0.5) is 5.82 Å². The molecular weight excluding hydrogens is 500 g/mol. The number of ether oxygens (including phenoxy) is 2. The Morgan fingerprint density at radius 3 is 2.27 bits per heavy atom. The van der Waals surface area contributed by atoms with Gasteiger partial charge in [0.05, 0.1) is 26.3 Å². The van der Waals surface area contributed by atoms with Crippen molar-refractivity contribution < 1.29 is 19.1 Å². The van der Waals surface area contributed by atoms with Gasteiger partial charge >= 0.3 is 5.97 Å². The summed E-state index contributed by atoms with van der Waals surface area (Å²) in [6, 6.07) is 21.7. The van der Waals surface area contributed by atoms with Crippen molar-refractivity contribution in [3.8, 4) is 16.9 Å². The van der Waals surface area contributed by atoms with Gasteiger partial charge < -0.3 is 9.47 Å². The smallest absolute Gasteiger partial charge is 0.337 e. The van der Waals surface area contributed by atoms with Gasteiger partial charge in [-0.3, -0.25) is 9.69 Å². The maximum atomic E-state index is 13.6. The number of benzene rings is 3. The van der Waals surface area contributed by atoms with Crippen LogP contribution in [-0.2, 0) is 16.1 Å². The van der Waals surface area contributed by atoms with Gasteiger partial charge in [-0.15, -0.1) is 0 Å². The molecule has 0 aliphatic heterocycles. The minimum absolute atomic E-state index is 0.0709. The predicted octanol–water partition coefficient (Wildman–Crippen LogP) is 7.76. The Labute approximate surface area is 237 Å². The number of nitrogens with zero attached hydrogens (tertiary/aromatic N) is 2. The van der Waals surface area contributed by atoms with Crippen molar-refractivity contribution in [2.75, 3.05) is 19.1 Å². The molecule has 0 saturated heterocycles. The van der Waals surface area contributed by atoms with Crippen LogP contribution in [0.15, 0.2) is 72.9 Å². The molecule has 0 radical (unpaired) electrons. The molecule has 6 heteroatoms. The number of carbonyl (C=O) groups is 2. The molecule has 1 heterocycles. The highest BCUT2D eigenvalue weighted by molar-refractivity contribution is 6.04. The van der Waals surface area contributed by atoms with Crippen molar-refractivity contribution in [2.24, 2.45) is 5.92 Å². The summed E-state index contributed by atoms with van der Waals surface area (Å²) in [4.78, 5) is 32.1. The highest BCUT2D eigenvalue weighted by atomic mass is 16.5. The Morgan fingerprint density at radius 1 is 0.925 bits per heavy atom. The average molecular weight is 539 g/mol. The van der Waals surface area contributed by atoms with E-state index in [2.05, 4.69) is 41.4 Å². The van der Waals surface area contributed by atoms with E-state index in [-0.39, 0.29) is 5.91 Å². The van der Waals surface area contributed by atoms with Crippen LogP contribution in [0, 0.1) is 12.8 Å². The summed E-state index contributed by atoms with van der Waals surface area (Å²) in [7, 11) is 3.05. The fourth-order valence-electron chi connectivity index (χ4n) is 5.00. The molecule has 1 saturated carbocycles. The molecule has 208 valence electrons. The van der Waals surface area contributed by atoms with Gasteiger partial charge in [0.25, 0.3) is 0 Å². The lowest BCUT2D eigenvalue weighted by Crippen LogP contribution is -2.33. The van der Waals surface area contributed by atoms with Crippen molar-refractivity contribution in [3.63, 3.8) is 0 Å². The number of hydrogen-bond acceptors (Lipinski definition) is 5. The largest absolute Gasteiger partial charge is 0.496 e. The van der Waals surface area contributed by atoms with Gasteiger partial charge in [-0.25, -0.2) is 9.78 Å². The summed E-state index contributed by atoms with van der Waals surface area (Å²) in [5.41, 5.74) is 4.79. The fourth-order valence-corrected chi connectivity index (χ4v) is 5.00. The molecule has 6 nitrogen and oxygen atoms in total. The second kappa shape index (κ2) is 13.2. The standard InChI is InChI=1S/C32H32N2O4.C2H6/c1-21-17-25(12-14-29(21)37-2)24-9-7-23(8-10-24)20-34(30(35)18-22-5-4-6-22)31-28-13-11-27(32(36)38-3)19-26(28)15-16-33-31;1-2/h7-17,19,22H,4-6,18,20H2,1-3H3;1-2H3. The number of aromatic nitrogens is 1. The first-order valence-electron chi connectivity index (χ1n) is 14.0. The van der Waals surface area contributed by atoms with E-state index in [0.717, 1.165) is 51.6 Å². The molecule has 0 N–H and O–H groups in total. The number of aryl methyl sites for hydroxylation is 1. The topological polar surface area (TPSA) is 68.7 Å². The van der Waals surface area contributed by atoms with Gasteiger partial charge in [0.15, 0.2) is 0 Å². The van der Waals surface area contributed by atoms with Crippen molar-refractivity contribution in [3.05, 3.63) is 89.6 Å². The van der Waals surface area contributed by atoms with Crippen LogP contribution in [0.1, 0.15) is 61.0 Å². The Hall–Kier alpha value is -4.19. The van der Waals surface area contributed by atoms with Crippen LogP contribution in [-0.4, -0.2) is 31.1 Å². The molecule has 0 spiro atoms. The molecule has 1 aliphatic rings. The third-order valence-electron chi connectivity index (χ3n) is 7.43. The molecule has 1 amide bonds. The Kier molecular flexibility index (Phi) is 9.54. The molecule has 5 rings (SSSR count). The average Bonchev–Trinajstić information content (AvgIpc) is 2.98. The number of rotatable bonds is 8. The Balaban J connectivity index is 0.00000181. The van der Waals surface area contributed by atoms with Gasteiger partial charge in [-0.2, -0.15) is 0 Å². The highest BCUT2D eigenvalue weighted by Crippen LogP contribution is 2.33. The van der Waals surface area contributed by atoms with E-state index in [1.54, 1.807) is 30.3 Å². The monoisotopic (exact) mass is 538 g/mol. The van der Waals surface area contributed by atoms with Crippen molar-refractivity contribution in [1.82, 2.24) is 4.98 Å². The minimum Gasteiger partial charge on any atom is -0.496 e. The molecule has 40 heavy (non-hydrogen) atoms. The zero-order valence-electron chi connectivity index (χ0n) is 24.1. The molecule has 4 aromatic rings. The molecule has 0 bridgehead atoms. The molecule has 1 aromatic heterocycles. The van der Waals surface area contributed by atoms with Gasteiger partial charge in [0.2, 0.25) is 5.91 Å². The van der Waals surface area contributed by atoms with Gasteiger partial charge in [-0.05, 0) is 89.7 Å². The van der Waals surface area contributed by atoms with Crippen LogP contribution in [0.2, 0.25) is 0 Å². The molecule has 3 aromatic carbocycles. The molecular formula is C34H38N2O4. The summed E-state index contributed by atoms with van der Waals surface area (Å²) in [5.74, 6) is 1.59. The molecule has 1 fully saturated rings. The van der Waals surface area contributed by atoms with Crippen LogP contribution < -0.4 is 9.64 Å². The van der Waals surface area contributed by atoms with Gasteiger partial charge in [0.1, 0.15) is 11.6 Å². The Morgan fingerprint density at radius 2 is 1.65 bits per heavy atom. The van der Waals surface area contributed by atoms with E-state index in [1.165, 1.54) is 13.5 Å². The van der Waals surface area contributed by atoms with E-state index < -0.39 is 5.97 Å². The normalized spacial score (nSPS) is 12.6. The molecule has 1 aliphatic carbocycles. The number of hydrogen-bond donors (Lipinski definition) is 0. The number of anilines is 1. The summed E-state index contributed by atoms with van der Waals surface area (Å²) in [6.45, 7) is 6.45. The predicted molar refractivity (Wildman–Crippen MR) is 161 cm³/mol. The fraction of sp³-hybridized carbons (Fsp3) is 0.324. The van der Waals surface area contributed by atoms with Gasteiger partial charge in [0, 0.05) is 18.0 Å². The summed E-state index contributed by atoms with van der Waals surface area (Å²) < 4.78 is 10.3.